The summed E-state index contributed by atoms with van der Waals surface area (Å²) in [5.41, 5.74) is 7.56. The zero-order valence-electron chi connectivity index (χ0n) is 17.7. The molecule has 1 aromatic heterocycles. The van der Waals surface area contributed by atoms with Crippen molar-refractivity contribution in [3.05, 3.63) is 53.5 Å². The van der Waals surface area contributed by atoms with Crippen molar-refractivity contribution in [2.75, 3.05) is 37.2 Å². The average Bonchev–Trinajstić information content (AvgIpc) is 3.19. The second kappa shape index (κ2) is 9.33. The minimum absolute atomic E-state index is 0.0148. The third-order valence-corrected chi connectivity index (χ3v) is 6.06. The van der Waals surface area contributed by atoms with Crippen molar-refractivity contribution in [3.8, 4) is 0 Å². The van der Waals surface area contributed by atoms with Gasteiger partial charge >= 0.3 is 0 Å². The molecule has 0 aliphatic carbocycles. The van der Waals surface area contributed by atoms with Gasteiger partial charge in [0.2, 0.25) is 11.8 Å². The molecule has 8 nitrogen and oxygen atoms in total. The first-order chi connectivity index (χ1) is 15.4. The van der Waals surface area contributed by atoms with Gasteiger partial charge in [-0.25, -0.2) is 9.37 Å². The van der Waals surface area contributed by atoms with Crippen molar-refractivity contribution in [1.82, 2.24) is 14.8 Å². The first kappa shape index (κ1) is 21.7. The van der Waals surface area contributed by atoms with Gasteiger partial charge in [-0.15, -0.1) is 0 Å². The van der Waals surface area contributed by atoms with Gasteiger partial charge in [0.05, 0.1) is 12.1 Å². The van der Waals surface area contributed by atoms with E-state index in [1.807, 2.05) is 0 Å². The third kappa shape index (κ3) is 4.87. The molecule has 3 heterocycles. The number of rotatable bonds is 5. The Labute approximate surface area is 185 Å². The van der Waals surface area contributed by atoms with E-state index < -0.39 is 5.91 Å². The highest BCUT2D eigenvalue weighted by Gasteiger charge is 2.28. The topological polar surface area (TPSA) is 109 Å². The van der Waals surface area contributed by atoms with Crippen LogP contribution in [-0.2, 0) is 9.59 Å². The quantitative estimate of drug-likeness (QED) is 0.744. The number of pyridine rings is 1. The van der Waals surface area contributed by atoms with Crippen LogP contribution in [0.5, 0.6) is 0 Å². The Morgan fingerprint density at radius 2 is 1.81 bits per heavy atom. The van der Waals surface area contributed by atoms with Gasteiger partial charge in [-0.1, -0.05) is 0 Å². The summed E-state index contributed by atoms with van der Waals surface area (Å²) in [5.74, 6) is -0.483. The van der Waals surface area contributed by atoms with E-state index >= 15 is 0 Å². The van der Waals surface area contributed by atoms with Crippen LogP contribution in [0.1, 0.15) is 47.7 Å². The fourth-order valence-corrected chi connectivity index (χ4v) is 4.20. The van der Waals surface area contributed by atoms with Gasteiger partial charge in [-0.2, -0.15) is 0 Å². The van der Waals surface area contributed by atoms with Crippen LogP contribution in [0.15, 0.2) is 36.4 Å². The number of carbonyl (C=O) groups excluding carboxylic acids is 3. The minimum Gasteiger partial charge on any atom is -0.383 e. The molecule has 2 aromatic rings. The number of anilines is 2. The zero-order chi connectivity index (χ0) is 22.7. The van der Waals surface area contributed by atoms with Gasteiger partial charge in [0.25, 0.3) is 5.91 Å². The van der Waals surface area contributed by atoms with Gasteiger partial charge in [-0.05, 0) is 55.7 Å². The number of likely N-dealkylation sites (tertiary alicyclic amines) is 2. The summed E-state index contributed by atoms with van der Waals surface area (Å²) >= 11 is 0. The van der Waals surface area contributed by atoms with Crippen molar-refractivity contribution in [1.29, 1.82) is 0 Å². The van der Waals surface area contributed by atoms with Crippen molar-refractivity contribution >= 4 is 29.2 Å². The van der Waals surface area contributed by atoms with Crippen LogP contribution >= 0.6 is 0 Å². The van der Waals surface area contributed by atoms with Crippen LogP contribution in [0.25, 0.3) is 0 Å². The lowest BCUT2D eigenvalue weighted by molar-refractivity contribution is -0.139. The predicted octanol–water partition coefficient (Wildman–Crippen LogP) is 2.38. The number of hydrogen-bond donors (Lipinski definition) is 2. The number of carbonyl (C=O) groups is 3. The Hall–Kier alpha value is -3.49. The number of nitrogens with two attached hydrogens (primary N) is 1. The van der Waals surface area contributed by atoms with E-state index in [4.69, 9.17) is 5.73 Å². The molecule has 2 saturated heterocycles. The lowest BCUT2D eigenvalue weighted by atomic mass is 9.92. The molecule has 2 aliphatic rings. The third-order valence-electron chi connectivity index (χ3n) is 6.06. The average molecular weight is 439 g/mol. The second-order valence-corrected chi connectivity index (χ2v) is 8.20. The summed E-state index contributed by atoms with van der Waals surface area (Å²) in [5, 5.41) is 2.68. The summed E-state index contributed by atoms with van der Waals surface area (Å²) < 4.78 is 13.0. The molecule has 0 saturated carbocycles. The normalized spacial score (nSPS) is 17.0. The second-order valence-electron chi connectivity index (χ2n) is 8.20. The molecule has 2 aliphatic heterocycles. The van der Waals surface area contributed by atoms with E-state index in [-0.39, 0.29) is 41.5 Å². The van der Waals surface area contributed by atoms with Gasteiger partial charge in [0.15, 0.2) is 0 Å². The van der Waals surface area contributed by atoms with Crippen molar-refractivity contribution in [2.45, 2.75) is 31.6 Å². The maximum absolute atomic E-state index is 13.0. The lowest BCUT2D eigenvalue weighted by Gasteiger charge is -2.33. The molecule has 0 bridgehead atoms. The van der Waals surface area contributed by atoms with Crippen LogP contribution in [0.4, 0.5) is 15.9 Å². The number of aromatic nitrogens is 1. The number of nitrogens with zero attached hydrogens (tertiary/aromatic N) is 3. The Morgan fingerprint density at radius 1 is 1.09 bits per heavy atom. The fourth-order valence-electron chi connectivity index (χ4n) is 4.20. The summed E-state index contributed by atoms with van der Waals surface area (Å²) in [6, 6.07) is 8.91. The van der Waals surface area contributed by atoms with E-state index in [2.05, 4.69) is 10.3 Å². The molecular formula is C23H26FN5O3. The number of hydrogen-bond acceptors (Lipinski definition) is 5. The van der Waals surface area contributed by atoms with Crippen molar-refractivity contribution in [2.24, 2.45) is 0 Å². The number of halogens is 1. The highest BCUT2D eigenvalue weighted by atomic mass is 19.1. The summed E-state index contributed by atoms with van der Waals surface area (Å²) in [4.78, 5) is 44.6. The first-order valence-electron chi connectivity index (χ1n) is 10.8. The summed E-state index contributed by atoms with van der Waals surface area (Å²) in [6.45, 7) is 2.01. The molecule has 168 valence electrons. The number of benzene rings is 1. The number of amides is 3. The van der Waals surface area contributed by atoms with Crippen LogP contribution in [-0.4, -0.2) is 58.7 Å². The minimum atomic E-state index is -0.412. The monoisotopic (exact) mass is 439 g/mol. The molecule has 3 N–H and O–H groups in total. The molecule has 1 aromatic carbocycles. The predicted molar refractivity (Wildman–Crippen MR) is 117 cm³/mol. The Bertz CT molecular complexity index is 1020. The van der Waals surface area contributed by atoms with Gasteiger partial charge in [-0.3, -0.25) is 14.4 Å². The zero-order valence-corrected chi connectivity index (χ0v) is 17.7. The molecule has 0 atom stereocenters. The highest BCUT2D eigenvalue weighted by molar-refractivity contribution is 6.07. The standard InChI is InChI=1S/C23H26FN5O3/c24-16-3-5-17(6-4-16)26-23(32)18-7-8-19(27-22(18)25)15-9-12-28(13-10-15)21(31)14-29-11-1-2-20(29)30/h3-8,15H,1-2,9-14H2,(H2,25,27)(H,26,32). The Balaban J connectivity index is 1.33. The van der Waals surface area contributed by atoms with Crippen LogP contribution < -0.4 is 11.1 Å². The fraction of sp³-hybridized carbons (Fsp3) is 0.391. The molecule has 0 unspecified atom stereocenters. The maximum Gasteiger partial charge on any atom is 0.259 e. The molecule has 32 heavy (non-hydrogen) atoms. The lowest BCUT2D eigenvalue weighted by Crippen LogP contribution is -2.44. The van der Waals surface area contributed by atoms with Gasteiger partial charge in [0.1, 0.15) is 11.6 Å². The van der Waals surface area contributed by atoms with Crippen LogP contribution in [0.3, 0.4) is 0 Å². The number of piperidine rings is 1. The Kier molecular flexibility index (Phi) is 6.34. The highest BCUT2D eigenvalue weighted by Crippen LogP contribution is 2.28. The number of nitrogens with one attached hydrogen (secondary N) is 1. The molecule has 3 amide bonds. The van der Waals surface area contributed by atoms with E-state index in [9.17, 15) is 18.8 Å². The van der Waals surface area contributed by atoms with E-state index in [0.29, 0.717) is 31.7 Å². The van der Waals surface area contributed by atoms with Crippen LogP contribution in [0.2, 0.25) is 0 Å². The SMILES string of the molecule is Nc1nc(C2CCN(C(=O)CN3CCCC3=O)CC2)ccc1C(=O)Nc1ccc(F)cc1. The number of nitrogen functional groups attached to an aromatic ring is 1. The summed E-state index contributed by atoms with van der Waals surface area (Å²) in [7, 11) is 0. The van der Waals surface area contributed by atoms with Crippen molar-refractivity contribution < 1.29 is 18.8 Å². The summed E-state index contributed by atoms with van der Waals surface area (Å²) in [6.07, 6.45) is 2.83. The molecule has 0 spiro atoms. The van der Waals surface area contributed by atoms with Crippen molar-refractivity contribution in [3.63, 3.8) is 0 Å². The van der Waals surface area contributed by atoms with Gasteiger partial charge < -0.3 is 20.9 Å². The molecule has 9 heteroatoms. The smallest absolute Gasteiger partial charge is 0.259 e. The molecule has 4 rings (SSSR count). The van der Waals surface area contributed by atoms with E-state index in [0.717, 1.165) is 25.0 Å². The van der Waals surface area contributed by atoms with E-state index in [1.165, 1.54) is 24.3 Å². The first-order valence-corrected chi connectivity index (χ1v) is 10.8. The van der Waals surface area contributed by atoms with Crippen LogP contribution in [0, 0.1) is 5.82 Å². The molecule has 2 fully saturated rings. The Morgan fingerprint density at radius 3 is 2.44 bits per heavy atom. The van der Waals surface area contributed by atoms with Gasteiger partial charge in [0, 0.05) is 43.4 Å². The molecular weight excluding hydrogens is 413 g/mol. The molecule has 0 radical (unpaired) electrons. The largest absolute Gasteiger partial charge is 0.383 e. The maximum atomic E-state index is 13.0. The van der Waals surface area contributed by atoms with E-state index in [1.54, 1.807) is 21.9 Å².